The molecule has 0 N–H and O–H groups in total. The molecule has 1 aromatic carbocycles. The Balaban J connectivity index is 1.40. The van der Waals surface area contributed by atoms with Crippen LogP contribution in [0.1, 0.15) is 18.1 Å². The van der Waals surface area contributed by atoms with Crippen molar-refractivity contribution in [1.29, 1.82) is 0 Å². The lowest BCUT2D eigenvalue weighted by Gasteiger charge is -2.37. The summed E-state index contributed by atoms with van der Waals surface area (Å²) < 4.78 is 0. The lowest BCUT2D eigenvalue weighted by molar-refractivity contribution is -0.134. The van der Waals surface area contributed by atoms with E-state index in [-0.39, 0.29) is 0 Å². The standard InChI is InChI=1S/C20H32N4O/c1-3-21-7-9-23(10-8-21)17-20(25)24-13-11-22(12-14-24)16-19-6-4-5-18(2)15-19/h4-6,15H,3,7-14,16-17H2,1-2H3. The smallest absolute Gasteiger partial charge is 0.236 e. The number of piperazine rings is 2. The van der Waals surface area contributed by atoms with E-state index < -0.39 is 0 Å². The van der Waals surface area contributed by atoms with E-state index in [9.17, 15) is 4.79 Å². The first-order valence-corrected chi connectivity index (χ1v) is 9.64. The van der Waals surface area contributed by atoms with Crippen LogP contribution in [-0.4, -0.2) is 91.0 Å². The minimum atomic E-state index is 0.306. The number of amides is 1. The number of aryl methyl sites for hydroxylation is 1. The number of likely N-dealkylation sites (N-methyl/N-ethyl adjacent to an activating group) is 1. The van der Waals surface area contributed by atoms with E-state index in [2.05, 4.69) is 57.7 Å². The molecule has 0 aliphatic carbocycles. The molecule has 1 amide bonds. The first kappa shape index (κ1) is 18.4. The van der Waals surface area contributed by atoms with Crippen LogP contribution in [0, 0.1) is 6.92 Å². The van der Waals surface area contributed by atoms with Crippen molar-refractivity contribution in [3.05, 3.63) is 35.4 Å². The molecule has 0 radical (unpaired) electrons. The third-order valence-electron chi connectivity index (χ3n) is 5.48. The van der Waals surface area contributed by atoms with Gasteiger partial charge in [0.2, 0.25) is 5.91 Å². The molecule has 2 aliphatic rings. The number of nitrogens with zero attached hydrogens (tertiary/aromatic N) is 4. The number of carbonyl (C=O) groups is 1. The van der Waals surface area contributed by atoms with Gasteiger partial charge in [0.25, 0.3) is 0 Å². The lowest BCUT2D eigenvalue weighted by Crippen LogP contribution is -2.53. The van der Waals surface area contributed by atoms with Gasteiger partial charge in [-0.2, -0.15) is 0 Å². The monoisotopic (exact) mass is 344 g/mol. The van der Waals surface area contributed by atoms with Gasteiger partial charge in [-0.3, -0.25) is 14.6 Å². The highest BCUT2D eigenvalue weighted by Gasteiger charge is 2.24. The molecule has 0 spiro atoms. The van der Waals surface area contributed by atoms with Crippen molar-refractivity contribution in [3.8, 4) is 0 Å². The second kappa shape index (κ2) is 8.79. The van der Waals surface area contributed by atoms with Crippen molar-refractivity contribution in [2.45, 2.75) is 20.4 Å². The Morgan fingerprint density at radius 1 is 0.920 bits per heavy atom. The van der Waals surface area contributed by atoms with Gasteiger partial charge < -0.3 is 9.80 Å². The Kier molecular flexibility index (Phi) is 6.45. The maximum absolute atomic E-state index is 12.6. The van der Waals surface area contributed by atoms with Crippen LogP contribution in [0.5, 0.6) is 0 Å². The molecular weight excluding hydrogens is 312 g/mol. The first-order valence-electron chi connectivity index (χ1n) is 9.64. The van der Waals surface area contributed by atoms with E-state index in [1.807, 2.05) is 0 Å². The predicted octanol–water partition coefficient (Wildman–Crippen LogP) is 1.28. The third-order valence-corrected chi connectivity index (χ3v) is 5.48. The van der Waals surface area contributed by atoms with E-state index in [1.54, 1.807) is 0 Å². The molecule has 2 fully saturated rings. The predicted molar refractivity (Wildman–Crippen MR) is 102 cm³/mol. The van der Waals surface area contributed by atoms with Crippen LogP contribution in [0.2, 0.25) is 0 Å². The molecule has 138 valence electrons. The molecule has 2 aliphatic heterocycles. The van der Waals surface area contributed by atoms with E-state index in [0.717, 1.165) is 65.4 Å². The van der Waals surface area contributed by atoms with E-state index in [4.69, 9.17) is 0 Å². The zero-order valence-corrected chi connectivity index (χ0v) is 15.8. The van der Waals surface area contributed by atoms with Gasteiger partial charge in [0, 0.05) is 58.9 Å². The largest absolute Gasteiger partial charge is 0.339 e. The minimum absolute atomic E-state index is 0.306. The molecule has 0 unspecified atom stereocenters. The van der Waals surface area contributed by atoms with Gasteiger partial charge in [0.05, 0.1) is 6.54 Å². The fourth-order valence-corrected chi connectivity index (χ4v) is 3.78. The molecule has 0 atom stereocenters. The van der Waals surface area contributed by atoms with Crippen molar-refractivity contribution in [3.63, 3.8) is 0 Å². The first-order chi connectivity index (χ1) is 12.1. The Hall–Kier alpha value is -1.43. The van der Waals surface area contributed by atoms with Crippen molar-refractivity contribution in [2.24, 2.45) is 0 Å². The highest BCUT2D eigenvalue weighted by atomic mass is 16.2. The third kappa shape index (κ3) is 5.27. The number of carbonyl (C=O) groups excluding carboxylic acids is 1. The Morgan fingerprint density at radius 3 is 2.20 bits per heavy atom. The summed E-state index contributed by atoms with van der Waals surface area (Å²) in [6, 6.07) is 8.72. The van der Waals surface area contributed by atoms with Gasteiger partial charge in [-0.1, -0.05) is 36.8 Å². The van der Waals surface area contributed by atoms with Crippen LogP contribution in [0.4, 0.5) is 0 Å². The Labute approximate surface area is 152 Å². The molecule has 0 aromatic heterocycles. The molecular formula is C20H32N4O. The number of benzene rings is 1. The van der Waals surface area contributed by atoms with E-state index >= 15 is 0 Å². The zero-order valence-electron chi connectivity index (χ0n) is 15.8. The minimum Gasteiger partial charge on any atom is -0.339 e. The second-order valence-electron chi connectivity index (χ2n) is 7.36. The number of hydrogen-bond donors (Lipinski definition) is 0. The summed E-state index contributed by atoms with van der Waals surface area (Å²) in [7, 11) is 0. The molecule has 2 heterocycles. The van der Waals surface area contributed by atoms with E-state index in [0.29, 0.717) is 12.5 Å². The zero-order chi connectivity index (χ0) is 17.6. The van der Waals surface area contributed by atoms with E-state index in [1.165, 1.54) is 11.1 Å². The summed E-state index contributed by atoms with van der Waals surface area (Å²) >= 11 is 0. The van der Waals surface area contributed by atoms with Crippen LogP contribution in [-0.2, 0) is 11.3 Å². The summed E-state index contributed by atoms with van der Waals surface area (Å²) in [5, 5.41) is 0. The molecule has 1 aromatic rings. The molecule has 3 rings (SSSR count). The van der Waals surface area contributed by atoms with Crippen LogP contribution < -0.4 is 0 Å². The molecule has 0 saturated carbocycles. The summed E-state index contributed by atoms with van der Waals surface area (Å²) in [5.41, 5.74) is 2.68. The van der Waals surface area contributed by atoms with Crippen LogP contribution in [0.15, 0.2) is 24.3 Å². The topological polar surface area (TPSA) is 30.0 Å². The van der Waals surface area contributed by atoms with Gasteiger partial charge in [0.1, 0.15) is 0 Å². The quantitative estimate of drug-likeness (QED) is 0.805. The second-order valence-corrected chi connectivity index (χ2v) is 7.36. The van der Waals surface area contributed by atoms with Crippen LogP contribution in [0.25, 0.3) is 0 Å². The van der Waals surface area contributed by atoms with Crippen molar-refractivity contribution < 1.29 is 4.79 Å². The number of hydrogen-bond acceptors (Lipinski definition) is 4. The van der Waals surface area contributed by atoms with Gasteiger partial charge >= 0.3 is 0 Å². The molecule has 2 saturated heterocycles. The highest BCUT2D eigenvalue weighted by molar-refractivity contribution is 5.78. The lowest BCUT2D eigenvalue weighted by atomic mass is 10.1. The molecule has 0 bridgehead atoms. The molecule has 5 heteroatoms. The maximum Gasteiger partial charge on any atom is 0.236 e. The van der Waals surface area contributed by atoms with Gasteiger partial charge in [0.15, 0.2) is 0 Å². The summed E-state index contributed by atoms with van der Waals surface area (Å²) in [5.74, 6) is 0.306. The molecule has 25 heavy (non-hydrogen) atoms. The van der Waals surface area contributed by atoms with Gasteiger partial charge in [-0.25, -0.2) is 0 Å². The fourth-order valence-electron chi connectivity index (χ4n) is 3.78. The summed E-state index contributed by atoms with van der Waals surface area (Å²) in [6.45, 7) is 14.9. The Bertz CT molecular complexity index is 561. The SMILES string of the molecule is CCN1CCN(CC(=O)N2CCN(Cc3cccc(C)c3)CC2)CC1. The summed E-state index contributed by atoms with van der Waals surface area (Å²) in [6.07, 6.45) is 0. The van der Waals surface area contributed by atoms with Crippen molar-refractivity contribution in [1.82, 2.24) is 19.6 Å². The average molecular weight is 345 g/mol. The highest BCUT2D eigenvalue weighted by Crippen LogP contribution is 2.11. The average Bonchev–Trinajstić information content (AvgIpc) is 2.63. The van der Waals surface area contributed by atoms with Crippen molar-refractivity contribution in [2.75, 3.05) is 65.4 Å². The Morgan fingerprint density at radius 2 is 1.56 bits per heavy atom. The fraction of sp³-hybridized carbons (Fsp3) is 0.650. The van der Waals surface area contributed by atoms with Gasteiger partial charge in [-0.15, -0.1) is 0 Å². The normalized spacial score (nSPS) is 20.8. The summed E-state index contributed by atoms with van der Waals surface area (Å²) in [4.78, 5) is 21.9. The van der Waals surface area contributed by atoms with Crippen LogP contribution >= 0.6 is 0 Å². The number of rotatable bonds is 5. The van der Waals surface area contributed by atoms with Gasteiger partial charge in [-0.05, 0) is 19.0 Å². The maximum atomic E-state index is 12.6. The molecule has 5 nitrogen and oxygen atoms in total. The van der Waals surface area contributed by atoms with Crippen molar-refractivity contribution >= 4 is 5.91 Å². The van der Waals surface area contributed by atoms with Crippen LogP contribution in [0.3, 0.4) is 0 Å².